The molecule has 6 aromatic rings. The zero-order chi connectivity index (χ0) is 29.6. The Morgan fingerprint density at radius 3 is 2.65 bits per heavy atom. The number of hydrogen-bond donors (Lipinski definition) is 3. The number of pyridine rings is 3. The van der Waals surface area contributed by atoms with Crippen molar-refractivity contribution in [3.05, 3.63) is 84.1 Å². The summed E-state index contributed by atoms with van der Waals surface area (Å²) in [6.07, 6.45) is 7.99. The highest BCUT2D eigenvalue weighted by molar-refractivity contribution is 7.89. The Morgan fingerprint density at radius 1 is 0.977 bits per heavy atom. The lowest BCUT2D eigenvalue weighted by Crippen LogP contribution is -2.18. The smallest absolute Gasteiger partial charge is 0.209 e. The fraction of sp³-hybridized carbons (Fsp3) is 0.226. The van der Waals surface area contributed by atoms with Crippen LogP contribution in [0.4, 0.5) is 4.39 Å². The van der Waals surface area contributed by atoms with E-state index in [-0.39, 0.29) is 12.2 Å². The molecule has 1 saturated heterocycles. The minimum absolute atomic E-state index is 0.111. The first-order valence-electron chi connectivity index (χ1n) is 14.1. The molecule has 1 aromatic carbocycles. The Morgan fingerprint density at radius 2 is 1.81 bits per heavy atom. The summed E-state index contributed by atoms with van der Waals surface area (Å²) in [4.78, 5) is 19.7. The number of primary sulfonamides is 1. The number of likely N-dealkylation sites (tertiary alicyclic amines) is 1. The molecule has 0 spiro atoms. The maximum Gasteiger partial charge on any atom is 0.209 e. The van der Waals surface area contributed by atoms with E-state index >= 15 is 0 Å². The Kier molecular flexibility index (Phi) is 6.96. The van der Waals surface area contributed by atoms with Crippen LogP contribution < -0.4 is 5.14 Å². The van der Waals surface area contributed by atoms with Crippen LogP contribution in [0.5, 0.6) is 0 Å². The zero-order valence-electron chi connectivity index (χ0n) is 23.2. The van der Waals surface area contributed by atoms with Gasteiger partial charge < -0.3 is 4.98 Å². The molecule has 1 fully saturated rings. The Hall–Kier alpha value is -4.52. The molecule has 0 bridgehead atoms. The predicted octanol–water partition coefficient (Wildman–Crippen LogP) is 4.80. The van der Waals surface area contributed by atoms with Gasteiger partial charge in [-0.3, -0.25) is 15.0 Å². The molecular weight excluding hydrogens is 567 g/mol. The van der Waals surface area contributed by atoms with E-state index in [0.717, 1.165) is 52.9 Å². The molecule has 5 aromatic heterocycles. The lowest BCUT2D eigenvalue weighted by Gasteiger charge is -2.14. The van der Waals surface area contributed by atoms with Crippen LogP contribution in [0.15, 0.2) is 67.1 Å². The molecule has 4 N–H and O–H groups in total. The zero-order valence-corrected chi connectivity index (χ0v) is 24.0. The number of hydrogen-bond acceptors (Lipinski definition) is 7. The van der Waals surface area contributed by atoms with E-state index in [1.165, 1.54) is 25.0 Å². The summed E-state index contributed by atoms with van der Waals surface area (Å²) in [7, 11) is -3.67. The molecule has 0 saturated carbocycles. The van der Waals surface area contributed by atoms with Crippen molar-refractivity contribution in [2.45, 2.75) is 25.8 Å². The quantitative estimate of drug-likeness (QED) is 0.229. The van der Waals surface area contributed by atoms with E-state index in [2.05, 4.69) is 36.1 Å². The second-order valence-corrected chi connectivity index (χ2v) is 12.7. The first-order chi connectivity index (χ1) is 20.8. The van der Waals surface area contributed by atoms with Crippen LogP contribution in [-0.4, -0.2) is 62.3 Å². The van der Waals surface area contributed by atoms with Gasteiger partial charge in [-0.05, 0) is 97.1 Å². The lowest BCUT2D eigenvalue weighted by molar-refractivity contribution is 0.331. The second-order valence-electron chi connectivity index (χ2n) is 11.0. The number of nitrogens with one attached hydrogen (secondary N) is 2. The van der Waals surface area contributed by atoms with E-state index in [1.54, 1.807) is 18.3 Å². The van der Waals surface area contributed by atoms with E-state index in [9.17, 15) is 12.8 Å². The molecule has 6 heterocycles. The number of benzene rings is 1. The molecule has 1 aliphatic rings. The maximum absolute atomic E-state index is 14.6. The predicted molar refractivity (Wildman–Crippen MR) is 164 cm³/mol. The standard InChI is InChI=1S/C31H29FN8O2S/c32-23-13-19(6-10-43(33,41)42)11-21(14-23)24-5-7-35-31-25(24)15-28(37-31)30-29-27(38-39-30)4-3-26(36-29)22-12-20(16-34-17-22)18-40-8-1-2-9-40/h3-5,7,11-17H,1-2,6,8-10,18H2,(H,35,37)(H,38,39)(H2,33,41,42). The van der Waals surface area contributed by atoms with Crippen LogP contribution in [0.2, 0.25) is 0 Å². The van der Waals surface area contributed by atoms with Crippen molar-refractivity contribution in [2.24, 2.45) is 5.14 Å². The highest BCUT2D eigenvalue weighted by Crippen LogP contribution is 2.34. The summed E-state index contributed by atoms with van der Waals surface area (Å²) in [6, 6.07) is 14.3. The third-order valence-electron chi connectivity index (χ3n) is 7.83. The number of nitrogens with zero attached hydrogens (tertiary/aromatic N) is 5. The van der Waals surface area contributed by atoms with Crippen LogP contribution in [0.3, 0.4) is 0 Å². The number of aromatic amines is 2. The molecule has 0 unspecified atom stereocenters. The number of H-pyrrole nitrogens is 2. The summed E-state index contributed by atoms with van der Waals surface area (Å²) < 4.78 is 37.5. The molecule has 12 heteroatoms. The van der Waals surface area contributed by atoms with Gasteiger partial charge in [-0.2, -0.15) is 5.10 Å². The Bertz CT molecular complexity index is 2080. The van der Waals surface area contributed by atoms with E-state index in [0.29, 0.717) is 33.7 Å². The van der Waals surface area contributed by atoms with Crippen molar-refractivity contribution >= 4 is 32.1 Å². The third-order valence-corrected chi connectivity index (χ3v) is 8.61. The molecule has 10 nitrogen and oxygen atoms in total. The number of aryl methyl sites for hydroxylation is 1. The maximum atomic E-state index is 14.6. The summed E-state index contributed by atoms with van der Waals surface area (Å²) in [5, 5.41) is 13.6. The van der Waals surface area contributed by atoms with E-state index in [1.807, 2.05) is 30.6 Å². The topological polar surface area (TPSA) is 147 Å². The molecule has 7 rings (SSSR count). The third kappa shape index (κ3) is 5.76. The van der Waals surface area contributed by atoms with Crippen LogP contribution in [-0.2, 0) is 23.0 Å². The number of aromatic nitrogens is 6. The summed E-state index contributed by atoms with van der Waals surface area (Å²) >= 11 is 0. The average molecular weight is 597 g/mol. The molecule has 43 heavy (non-hydrogen) atoms. The average Bonchev–Trinajstić information content (AvgIpc) is 3.75. The van der Waals surface area contributed by atoms with Gasteiger partial charge in [0.15, 0.2) is 0 Å². The molecule has 0 aliphatic carbocycles. The number of halogens is 1. The van der Waals surface area contributed by atoms with Gasteiger partial charge in [0.2, 0.25) is 10.0 Å². The molecule has 218 valence electrons. The number of nitrogens with two attached hydrogens (primary N) is 1. The summed E-state index contributed by atoms with van der Waals surface area (Å²) in [6.45, 7) is 3.11. The van der Waals surface area contributed by atoms with Crippen LogP contribution >= 0.6 is 0 Å². The highest BCUT2D eigenvalue weighted by Gasteiger charge is 2.18. The fourth-order valence-corrected chi connectivity index (χ4v) is 6.30. The normalized spacial score (nSPS) is 14.3. The van der Waals surface area contributed by atoms with Crippen LogP contribution in [0.1, 0.15) is 24.0 Å². The Labute approximate surface area is 247 Å². The second kappa shape index (κ2) is 11.0. The molecule has 0 atom stereocenters. The van der Waals surface area contributed by atoms with E-state index in [4.69, 9.17) is 10.1 Å². The number of fused-ring (bicyclic) bond motifs is 2. The molecule has 0 amide bonds. The first-order valence-corrected chi connectivity index (χ1v) is 15.8. The monoisotopic (exact) mass is 596 g/mol. The number of sulfonamides is 1. The van der Waals surface area contributed by atoms with Crippen molar-refractivity contribution in [1.29, 1.82) is 0 Å². The lowest BCUT2D eigenvalue weighted by atomic mass is 10.00. The molecular formula is C31H29FN8O2S. The SMILES string of the molecule is NS(=O)(=O)CCc1cc(F)cc(-c2ccnc3[nH]c(-c4n[nH]c5ccc(-c6cncc(CN7CCCC7)c6)nc45)cc23)c1. The van der Waals surface area contributed by atoms with Gasteiger partial charge >= 0.3 is 0 Å². The molecule has 0 radical (unpaired) electrons. The Balaban J connectivity index is 1.24. The van der Waals surface area contributed by atoms with Crippen LogP contribution in [0.25, 0.3) is 55.8 Å². The summed E-state index contributed by atoms with van der Waals surface area (Å²) in [5.74, 6) is -0.729. The fourth-order valence-electron chi connectivity index (χ4n) is 5.78. The van der Waals surface area contributed by atoms with Gasteiger partial charge in [0.1, 0.15) is 22.7 Å². The highest BCUT2D eigenvalue weighted by atomic mass is 32.2. The van der Waals surface area contributed by atoms with Gasteiger partial charge in [-0.1, -0.05) is 6.07 Å². The molecule has 1 aliphatic heterocycles. The first kappa shape index (κ1) is 27.3. The van der Waals surface area contributed by atoms with E-state index < -0.39 is 15.8 Å². The summed E-state index contributed by atoms with van der Waals surface area (Å²) in [5.41, 5.74) is 8.23. The van der Waals surface area contributed by atoms with Crippen LogP contribution in [0, 0.1) is 5.82 Å². The largest absolute Gasteiger partial charge is 0.338 e. The van der Waals surface area contributed by atoms with Crippen molar-refractivity contribution in [2.75, 3.05) is 18.8 Å². The van der Waals surface area contributed by atoms with Crippen molar-refractivity contribution in [1.82, 2.24) is 35.0 Å². The van der Waals surface area contributed by atoms with Gasteiger partial charge in [-0.15, -0.1) is 0 Å². The minimum Gasteiger partial charge on any atom is -0.338 e. The van der Waals surface area contributed by atoms with Gasteiger partial charge in [0, 0.05) is 36.1 Å². The minimum atomic E-state index is -3.67. The van der Waals surface area contributed by atoms with Crippen molar-refractivity contribution in [3.8, 4) is 33.8 Å². The van der Waals surface area contributed by atoms with Gasteiger partial charge in [-0.25, -0.2) is 27.9 Å². The van der Waals surface area contributed by atoms with Crippen molar-refractivity contribution in [3.63, 3.8) is 0 Å². The van der Waals surface area contributed by atoms with Gasteiger partial charge in [0.05, 0.1) is 22.7 Å². The van der Waals surface area contributed by atoms with Gasteiger partial charge in [0.25, 0.3) is 0 Å². The number of rotatable bonds is 8. The van der Waals surface area contributed by atoms with Crippen molar-refractivity contribution < 1.29 is 12.8 Å².